The van der Waals surface area contributed by atoms with Gasteiger partial charge in [-0.05, 0) is 63.1 Å². The van der Waals surface area contributed by atoms with E-state index in [4.69, 9.17) is 10.5 Å². The number of nitrogens with one attached hydrogen (secondary N) is 1. The number of likely N-dealkylation sites (tertiary alicyclic amines) is 1. The SMILES string of the molecule is CC(C)C[C@@H](NC(=O)c1ccccc1OCC(N)=O)C(=O)N1CCC[C@@H]1C(=O)N1CCN(C)[C@@H](C2CCCCC2)C1. The van der Waals surface area contributed by atoms with Crippen molar-refractivity contribution in [2.75, 3.05) is 39.8 Å². The number of carbonyl (C=O) groups is 4. The lowest BCUT2D eigenvalue weighted by molar-refractivity contribution is -0.147. The van der Waals surface area contributed by atoms with Crippen LogP contribution in [0.3, 0.4) is 0 Å². The average Bonchev–Trinajstić information content (AvgIpc) is 3.45. The number of benzene rings is 1. The number of amides is 4. The maximum absolute atomic E-state index is 13.9. The summed E-state index contributed by atoms with van der Waals surface area (Å²) in [5.41, 5.74) is 5.43. The molecule has 1 aromatic carbocycles. The van der Waals surface area contributed by atoms with Gasteiger partial charge in [-0.25, -0.2) is 0 Å². The molecular formula is C31H47N5O5. The molecule has 4 amide bonds. The molecule has 1 aliphatic carbocycles. The Morgan fingerprint density at radius 2 is 1.73 bits per heavy atom. The van der Waals surface area contributed by atoms with Gasteiger partial charge in [0.15, 0.2) is 6.61 Å². The zero-order valence-corrected chi connectivity index (χ0v) is 24.8. The molecule has 0 bridgehead atoms. The number of rotatable bonds is 10. The third-order valence-corrected chi connectivity index (χ3v) is 8.83. The Morgan fingerprint density at radius 3 is 2.44 bits per heavy atom. The van der Waals surface area contributed by atoms with Crippen LogP contribution in [0.25, 0.3) is 0 Å². The summed E-state index contributed by atoms with van der Waals surface area (Å²) in [6.45, 7) is 6.37. The fourth-order valence-electron chi connectivity index (χ4n) is 6.68. The van der Waals surface area contributed by atoms with Crippen LogP contribution in [0.15, 0.2) is 24.3 Å². The molecule has 4 rings (SSSR count). The number of nitrogens with two attached hydrogens (primary N) is 1. The first-order valence-electron chi connectivity index (χ1n) is 15.3. The van der Waals surface area contributed by atoms with Crippen molar-refractivity contribution in [1.82, 2.24) is 20.0 Å². The van der Waals surface area contributed by atoms with E-state index < -0.39 is 23.9 Å². The Morgan fingerprint density at radius 1 is 1.00 bits per heavy atom. The molecule has 2 saturated heterocycles. The number of hydrogen-bond acceptors (Lipinski definition) is 6. The van der Waals surface area contributed by atoms with Gasteiger partial charge in [-0.2, -0.15) is 0 Å². The van der Waals surface area contributed by atoms with Gasteiger partial charge in [0.05, 0.1) is 5.56 Å². The first kappa shape index (κ1) is 30.8. The summed E-state index contributed by atoms with van der Waals surface area (Å²) >= 11 is 0. The van der Waals surface area contributed by atoms with Crippen molar-refractivity contribution in [1.29, 1.82) is 0 Å². The number of primary amides is 1. The second-order valence-corrected chi connectivity index (χ2v) is 12.3. The highest BCUT2D eigenvalue weighted by atomic mass is 16.5. The smallest absolute Gasteiger partial charge is 0.255 e. The lowest BCUT2D eigenvalue weighted by atomic mass is 9.82. The van der Waals surface area contributed by atoms with Crippen molar-refractivity contribution in [3.8, 4) is 5.75 Å². The van der Waals surface area contributed by atoms with Gasteiger partial charge in [0.1, 0.15) is 17.8 Å². The van der Waals surface area contributed by atoms with Gasteiger partial charge in [-0.3, -0.25) is 24.1 Å². The summed E-state index contributed by atoms with van der Waals surface area (Å²) in [4.78, 5) is 58.5. The quantitative estimate of drug-likeness (QED) is 0.446. The third kappa shape index (κ3) is 7.78. The van der Waals surface area contributed by atoms with E-state index in [1.807, 2.05) is 18.7 Å². The molecule has 10 nitrogen and oxygen atoms in total. The number of likely N-dealkylation sites (N-methyl/N-ethyl adjacent to an activating group) is 1. The van der Waals surface area contributed by atoms with E-state index in [2.05, 4.69) is 17.3 Å². The maximum Gasteiger partial charge on any atom is 0.255 e. The Labute approximate surface area is 243 Å². The van der Waals surface area contributed by atoms with Crippen LogP contribution in [0.5, 0.6) is 5.75 Å². The number of nitrogens with zero attached hydrogens (tertiary/aromatic N) is 3. The number of para-hydroxylation sites is 1. The molecule has 10 heteroatoms. The molecule has 1 saturated carbocycles. The Hall–Kier alpha value is -3.14. The Bertz CT molecular complexity index is 1090. The van der Waals surface area contributed by atoms with Gasteiger partial charge >= 0.3 is 0 Å². The normalized spacial score (nSPS) is 22.9. The zero-order chi connectivity index (χ0) is 29.5. The summed E-state index contributed by atoms with van der Waals surface area (Å²) in [6, 6.07) is 5.63. The first-order valence-corrected chi connectivity index (χ1v) is 15.3. The van der Waals surface area contributed by atoms with E-state index in [-0.39, 0.29) is 35.7 Å². The van der Waals surface area contributed by atoms with Gasteiger partial charge < -0.3 is 25.6 Å². The second-order valence-electron chi connectivity index (χ2n) is 12.3. The van der Waals surface area contributed by atoms with E-state index in [1.165, 1.54) is 32.1 Å². The fourth-order valence-corrected chi connectivity index (χ4v) is 6.68. The van der Waals surface area contributed by atoms with Crippen LogP contribution in [-0.4, -0.2) is 96.3 Å². The molecule has 0 radical (unpaired) electrons. The summed E-state index contributed by atoms with van der Waals surface area (Å²) in [5.74, 6) is -0.344. The van der Waals surface area contributed by atoms with Crippen molar-refractivity contribution in [2.24, 2.45) is 17.6 Å². The molecule has 2 aliphatic heterocycles. The molecule has 3 N–H and O–H groups in total. The largest absolute Gasteiger partial charge is 0.483 e. The predicted octanol–water partition coefficient (Wildman–Crippen LogP) is 2.41. The summed E-state index contributed by atoms with van der Waals surface area (Å²) in [6.07, 6.45) is 8.10. The van der Waals surface area contributed by atoms with Crippen LogP contribution in [0.1, 0.15) is 75.6 Å². The average molecular weight is 570 g/mol. The van der Waals surface area contributed by atoms with Crippen LogP contribution >= 0.6 is 0 Å². The first-order chi connectivity index (χ1) is 19.7. The topological polar surface area (TPSA) is 125 Å². The molecule has 2 heterocycles. The van der Waals surface area contributed by atoms with Gasteiger partial charge in [-0.15, -0.1) is 0 Å². The van der Waals surface area contributed by atoms with Crippen molar-refractivity contribution < 1.29 is 23.9 Å². The van der Waals surface area contributed by atoms with E-state index in [0.29, 0.717) is 44.4 Å². The second kappa shape index (κ2) is 14.2. The number of ether oxygens (including phenoxy) is 1. The Balaban J connectivity index is 1.46. The molecule has 3 atom stereocenters. The molecular weight excluding hydrogens is 522 g/mol. The fraction of sp³-hybridized carbons (Fsp3) is 0.677. The molecule has 3 aliphatic rings. The van der Waals surface area contributed by atoms with E-state index in [9.17, 15) is 19.2 Å². The van der Waals surface area contributed by atoms with E-state index in [1.54, 1.807) is 29.2 Å². The summed E-state index contributed by atoms with van der Waals surface area (Å²) in [5, 5.41) is 2.91. The highest BCUT2D eigenvalue weighted by Gasteiger charge is 2.42. The van der Waals surface area contributed by atoms with Crippen LogP contribution < -0.4 is 15.8 Å². The standard InChI is InChI=1S/C31H47N5O5/c1-21(2)18-24(33-29(38)23-12-7-8-14-27(23)41-20-28(32)37)30(39)36-15-9-13-25(36)31(40)35-17-16-34(3)26(19-35)22-10-5-4-6-11-22/h7-8,12,14,21-22,24-26H,4-6,9-11,13,15-20H2,1-3H3,(H2,32,37)(H,33,38)/t24-,25-,26-/m1/s1. The lowest BCUT2D eigenvalue weighted by Gasteiger charge is -2.45. The molecule has 1 aromatic rings. The van der Waals surface area contributed by atoms with Crippen LogP contribution in [0, 0.1) is 11.8 Å². The molecule has 0 aromatic heterocycles. The molecule has 0 spiro atoms. The number of piperazine rings is 1. The minimum Gasteiger partial charge on any atom is -0.483 e. The monoisotopic (exact) mass is 569 g/mol. The molecule has 0 unspecified atom stereocenters. The molecule has 226 valence electrons. The zero-order valence-electron chi connectivity index (χ0n) is 24.8. The lowest BCUT2D eigenvalue weighted by Crippen LogP contribution is -2.60. The van der Waals surface area contributed by atoms with Gasteiger partial charge in [-0.1, -0.05) is 45.2 Å². The Kier molecular flexibility index (Phi) is 10.6. The molecule has 41 heavy (non-hydrogen) atoms. The summed E-state index contributed by atoms with van der Waals surface area (Å²) < 4.78 is 5.43. The highest BCUT2D eigenvalue weighted by Crippen LogP contribution is 2.31. The van der Waals surface area contributed by atoms with Crippen LogP contribution in [0.2, 0.25) is 0 Å². The van der Waals surface area contributed by atoms with Crippen molar-refractivity contribution in [2.45, 2.75) is 83.3 Å². The number of carbonyl (C=O) groups excluding carboxylic acids is 4. The molecule has 3 fully saturated rings. The number of hydrogen-bond donors (Lipinski definition) is 2. The van der Waals surface area contributed by atoms with Crippen molar-refractivity contribution >= 4 is 23.6 Å². The van der Waals surface area contributed by atoms with Gasteiger partial charge in [0.25, 0.3) is 11.8 Å². The van der Waals surface area contributed by atoms with Crippen LogP contribution in [0.4, 0.5) is 0 Å². The van der Waals surface area contributed by atoms with Crippen molar-refractivity contribution in [3.05, 3.63) is 29.8 Å². The van der Waals surface area contributed by atoms with E-state index in [0.717, 1.165) is 13.0 Å². The summed E-state index contributed by atoms with van der Waals surface area (Å²) in [7, 11) is 2.17. The predicted molar refractivity (Wildman–Crippen MR) is 156 cm³/mol. The van der Waals surface area contributed by atoms with Gasteiger partial charge in [0, 0.05) is 32.2 Å². The third-order valence-electron chi connectivity index (χ3n) is 8.83. The van der Waals surface area contributed by atoms with Crippen LogP contribution in [-0.2, 0) is 14.4 Å². The van der Waals surface area contributed by atoms with E-state index >= 15 is 0 Å². The minimum atomic E-state index is -0.789. The highest BCUT2D eigenvalue weighted by molar-refractivity contribution is 6.00. The van der Waals surface area contributed by atoms with Gasteiger partial charge in [0.2, 0.25) is 11.8 Å². The minimum absolute atomic E-state index is 0.0320. The van der Waals surface area contributed by atoms with Crippen molar-refractivity contribution in [3.63, 3.8) is 0 Å². The maximum atomic E-state index is 13.9.